The number of aromatic nitrogens is 1. The number of carboxylic acids is 1. The van der Waals surface area contributed by atoms with E-state index in [9.17, 15) is 15.0 Å². The number of rotatable bonds is 5. The predicted molar refractivity (Wildman–Crippen MR) is 86.4 cm³/mol. The number of para-hydroxylation sites is 1. The van der Waals surface area contributed by atoms with E-state index in [0.29, 0.717) is 26.1 Å². The Bertz CT molecular complexity index is 662. The van der Waals surface area contributed by atoms with Crippen LogP contribution in [0.3, 0.4) is 0 Å². The number of benzene rings is 1. The molecule has 3 rings (SSSR count). The average molecular weight is 318 g/mol. The van der Waals surface area contributed by atoms with E-state index in [0.717, 1.165) is 16.6 Å². The Hall–Kier alpha value is -1.89. The number of aromatic amines is 1. The summed E-state index contributed by atoms with van der Waals surface area (Å²) in [6, 6.07) is 8.60. The molecule has 1 saturated heterocycles. The number of carbonyl (C=O) groups is 1. The highest BCUT2D eigenvalue weighted by Crippen LogP contribution is 2.21. The van der Waals surface area contributed by atoms with Gasteiger partial charge in [0.2, 0.25) is 0 Å². The van der Waals surface area contributed by atoms with E-state index >= 15 is 0 Å². The first-order valence-electron chi connectivity index (χ1n) is 7.81. The SMILES string of the molecule is C[C@@]1(O)CCOC[C@@H]1N[C@H](Cc1cc2ccccc2[nH]1)C(=O)O. The Kier molecular flexibility index (Phi) is 4.39. The van der Waals surface area contributed by atoms with Crippen LogP contribution in [0, 0.1) is 0 Å². The molecule has 1 aliphatic rings. The number of ether oxygens (including phenoxy) is 1. The lowest BCUT2D eigenvalue weighted by atomic mass is 9.90. The Morgan fingerprint density at radius 3 is 3.00 bits per heavy atom. The summed E-state index contributed by atoms with van der Waals surface area (Å²) < 4.78 is 5.37. The Balaban J connectivity index is 1.75. The highest BCUT2D eigenvalue weighted by atomic mass is 16.5. The maximum atomic E-state index is 11.6. The van der Waals surface area contributed by atoms with Crippen LogP contribution in [0.4, 0.5) is 0 Å². The molecule has 1 aliphatic heterocycles. The minimum absolute atomic E-state index is 0.309. The van der Waals surface area contributed by atoms with E-state index in [2.05, 4.69) is 10.3 Å². The highest BCUT2D eigenvalue weighted by molar-refractivity contribution is 5.81. The molecule has 2 aromatic rings. The lowest BCUT2D eigenvalue weighted by molar-refractivity contribution is -0.141. The standard InChI is InChI=1S/C17H22N2O4/c1-17(22)6-7-23-10-15(17)19-14(16(20)21)9-12-8-11-4-2-3-5-13(11)18-12/h2-5,8,14-15,18-19,22H,6-7,9-10H2,1H3,(H,20,21)/t14-,15+,17-/m1/s1. The fourth-order valence-corrected chi connectivity index (χ4v) is 2.99. The van der Waals surface area contributed by atoms with Crippen molar-refractivity contribution in [3.05, 3.63) is 36.0 Å². The topological polar surface area (TPSA) is 94.6 Å². The molecule has 0 spiro atoms. The van der Waals surface area contributed by atoms with Crippen molar-refractivity contribution in [2.75, 3.05) is 13.2 Å². The maximum Gasteiger partial charge on any atom is 0.321 e. The number of hydrogen-bond acceptors (Lipinski definition) is 4. The molecule has 1 fully saturated rings. The van der Waals surface area contributed by atoms with Gasteiger partial charge in [0.1, 0.15) is 6.04 Å². The van der Waals surface area contributed by atoms with Crippen molar-refractivity contribution < 1.29 is 19.7 Å². The van der Waals surface area contributed by atoms with Crippen LogP contribution in [-0.4, -0.2) is 52.1 Å². The van der Waals surface area contributed by atoms with Crippen LogP contribution < -0.4 is 5.32 Å². The zero-order valence-electron chi connectivity index (χ0n) is 13.1. The molecule has 124 valence electrons. The van der Waals surface area contributed by atoms with E-state index in [1.54, 1.807) is 6.92 Å². The molecule has 6 nitrogen and oxygen atoms in total. The van der Waals surface area contributed by atoms with Gasteiger partial charge in [-0.1, -0.05) is 18.2 Å². The van der Waals surface area contributed by atoms with Gasteiger partial charge >= 0.3 is 5.97 Å². The van der Waals surface area contributed by atoms with E-state index in [4.69, 9.17) is 4.74 Å². The Morgan fingerprint density at radius 2 is 2.30 bits per heavy atom. The summed E-state index contributed by atoms with van der Waals surface area (Å²) in [5.74, 6) is -0.940. The lowest BCUT2D eigenvalue weighted by Gasteiger charge is -2.38. The quantitative estimate of drug-likeness (QED) is 0.666. The van der Waals surface area contributed by atoms with Gasteiger partial charge in [-0.25, -0.2) is 0 Å². The monoisotopic (exact) mass is 318 g/mol. The minimum Gasteiger partial charge on any atom is -0.480 e. The zero-order chi connectivity index (χ0) is 16.4. The molecule has 0 unspecified atom stereocenters. The number of nitrogens with one attached hydrogen (secondary N) is 2. The number of fused-ring (bicyclic) bond motifs is 1. The van der Waals surface area contributed by atoms with Crippen LogP contribution in [-0.2, 0) is 16.0 Å². The van der Waals surface area contributed by atoms with E-state index < -0.39 is 23.7 Å². The van der Waals surface area contributed by atoms with Crippen molar-refractivity contribution in [2.24, 2.45) is 0 Å². The molecular formula is C17H22N2O4. The third-order valence-electron chi connectivity index (χ3n) is 4.50. The fourth-order valence-electron chi connectivity index (χ4n) is 2.99. The third-order valence-corrected chi connectivity index (χ3v) is 4.50. The average Bonchev–Trinajstić information content (AvgIpc) is 2.90. The molecule has 0 bridgehead atoms. The van der Waals surface area contributed by atoms with Crippen LogP contribution in [0.25, 0.3) is 10.9 Å². The first kappa shape index (κ1) is 16.0. The molecule has 0 aliphatic carbocycles. The van der Waals surface area contributed by atoms with Crippen molar-refractivity contribution in [1.29, 1.82) is 0 Å². The number of H-pyrrole nitrogens is 1. The molecule has 0 amide bonds. The smallest absolute Gasteiger partial charge is 0.321 e. The van der Waals surface area contributed by atoms with Crippen molar-refractivity contribution in [3.8, 4) is 0 Å². The van der Waals surface area contributed by atoms with Gasteiger partial charge in [0.05, 0.1) is 18.2 Å². The van der Waals surface area contributed by atoms with Crippen molar-refractivity contribution in [2.45, 2.75) is 37.5 Å². The van der Waals surface area contributed by atoms with Crippen molar-refractivity contribution >= 4 is 16.9 Å². The number of aliphatic carboxylic acids is 1. The number of carboxylic acid groups (broad SMARTS) is 1. The summed E-state index contributed by atoms with van der Waals surface area (Å²) in [6.07, 6.45) is 0.806. The largest absolute Gasteiger partial charge is 0.480 e. The summed E-state index contributed by atoms with van der Waals surface area (Å²) in [5, 5.41) is 24.0. The van der Waals surface area contributed by atoms with Gasteiger partial charge < -0.3 is 19.9 Å². The number of hydrogen-bond donors (Lipinski definition) is 4. The summed E-state index contributed by atoms with van der Waals surface area (Å²) >= 11 is 0. The van der Waals surface area contributed by atoms with E-state index in [1.807, 2.05) is 30.3 Å². The molecule has 1 aromatic heterocycles. The Labute approximate surface area is 134 Å². The van der Waals surface area contributed by atoms with Gasteiger partial charge in [0.15, 0.2) is 0 Å². The highest BCUT2D eigenvalue weighted by Gasteiger charge is 2.37. The zero-order valence-corrected chi connectivity index (χ0v) is 13.1. The van der Waals surface area contributed by atoms with Crippen molar-refractivity contribution in [3.63, 3.8) is 0 Å². The van der Waals surface area contributed by atoms with Crippen LogP contribution in [0.2, 0.25) is 0 Å². The van der Waals surface area contributed by atoms with Gasteiger partial charge in [-0.2, -0.15) is 0 Å². The molecule has 0 radical (unpaired) electrons. The summed E-state index contributed by atoms with van der Waals surface area (Å²) in [7, 11) is 0. The summed E-state index contributed by atoms with van der Waals surface area (Å²) in [4.78, 5) is 14.8. The van der Waals surface area contributed by atoms with Crippen LogP contribution in [0.1, 0.15) is 19.0 Å². The Morgan fingerprint density at radius 1 is 1.52 bits per heavy atom. The predicted octanol–water partition coefficient (Wildman–Crippen LogP) is 1.29. The van der Waals surface area contributed by atoms with Gasteiger partial charge in [-0.05, 0) is 24.4 Å². The fraction of sp³-hybridized carbons (Fsp3) is 0.471. The summed E-state index contributed by atoms with van der Waals surface area (Å²) in [5.41, 5.74) is 0.869. The van der Waals surface area contributed by atoms with Crippen LogP contribution in [0.5, 0.6) is 0 Å². The second-order valence-electron chi connectivity index (χ2n) is 6.38. The first-order chi connectivity index (χ1) is 11.0. The lowest BCUT2D eigenvalue weighted by Crippen LogP contribution is -2.59. The molecule has 2 heterocycles. The normalized spacial score (nSPS) is 26.3. The maximum absolute atomic E-state index is 11.6. The minimum atomic E-state index is -0.966. The van der Waals surface area contributed by atoms with Gasteiger partial charge in [0.25, 0.3) is 0 Å². The second kappa shape index (κ2) is 6.31. The number of aliphatic hydroxyl groups is 1. The van der Waals surface area contributed by atoms with Crippen LogP contribution in [0.15, 0.2) is 30.3 Å². The molecule has 4 N–H and O–H groups in total. The van der Waals surface area contributed by atoms with Crippen LogP contribution >= 0.6 is 0 Å². The second-order valence-corrected chi connectivity index (χ2v) is 6.38. The van der Waals surface area contributed by atoms with Gasteiger partial charge in [-0.15, -0.1) is 0 Å². The first-order valence-corrected chi connectivity index (χ1v) is 7.81. The molecule has 0 saturated carbocycles. The molecule has 3 atom stereocenters. The molecule has 23 heavy (non-hydrogen) atoms. The van der Waals surface area contributed by atoms with Gasteiger partial charge in [0, 0.05) is 30.7 Å². The summed E-state index contributed by atoms with van der Waals surface area (Å²) in [6.45, 7) is 2.52. The van der Waals surface area contributed by atoms with E-state index in [-0.39, 0.29) is 0 Å². The molecule has 6 heteroatoms. The third kappa shape index (κ3) is 3.55. The molecular weight excluding hydrogens is 296 g/mol. The van der Waals surface area contributed by atoms with E-state index in [1.165, 1.54) is 0 Å². The van der Waals surface area contributed by atoms with Crippen molar-refractivity contribution in [1.82, 2.24) is 10.3 Å². The van der Waals surface area contributed by atoms with Gasteiger partial charge in [-0.3, -0.25) is 10.1 Å². The molecule has 1 aromatic carbocycles.